The molecule has 4 aromatic rings. The first-order valence-electron chi connectivity index (χ1n) is 10.1. The molecule has 30 heavy (non-hydrogen) atoms. The summed E-state index contributed by atoms with van der Waals surface area (Å²) in [5.74, 6) is 2.51. The van der Waals surface area contributed by atoms with E-state index in [1.165, 1.54) is 0 Å². The quantitative estimate of drug-likeness (QED) is 0.475. The van der Waals surface area contributed by atoms with Gasteiger partial charge in [0.1, 0.15) is 30.0 Å². The highest BCUT2D eigenvalue weighted by Crippen LogP contribution is 2.21. The van der Waals surface area contributed by atoms with Crippen LogP contribution < -0.4 is 9.47 Å². The van der Waals surface area contributed by atoms with Crippen molar-refractivity contribution in [3.8, 4) is 11.5 Å². The van der Waals surface area contributed by atoms with E-state index in [1.807, 2.05) is 79.7 Å². The van der Waals surface area contributed by atoms with E-state index in [9.17, 15) is 5.11 Å². The lowest BCUT2D eigenvalue weighted by Crippen LogP contribution is -2.24. The summed E-state index contributed by atoms with van der Waals surface area (Å²) in [4.78, 5) is 4.81. The molecule has 0 radical (unpaired) electrons. The van der Waals surface area contributed by atoms with Gasteiger partial charge in [-0.3, -0.25) is 0 Å². The number of aromatic nitrogens is 2. The Morgan fingerprint density at radius 1 is 0.967 bits per heavy atom. The van der Waals surface area contributed by atoms with E-state index in [4.69, 9.17) is 14.5 Å². The van der Waals surface area contributed by atoms with Gasteiger partial charge in [0.25, 0.3) is 0 Å². The highest BCUT2D eigenvalue weighted by atomic mass is 16.5. The Kier molecular flexibility index (Phi) is 6.00. The fourth-order valence-electron chi connectivity index (χ4n) is 3.55. The van der Waals surface area contributed by atoms with Crippen molar-refractivity contribution in [3.05, 3.63) is 89.7 Å². The van der Waals surface area contributed by atoms with Gasteiger partial charge in [0.05, 0.1) is 24.7 Å². The minimum absolute atomic E-state index is 0.220. The fraction of sp³-hybridized carbons (Fsp3) is 0.240. The third-order valence-electron chi connectivity index (χ3n) is 5.08. The predicted octanol–water partition coefficient (Wildman–Crippen LogP) is 4.38. The number of fused-ring (bicyclic) bond motifs is 1. The van der Waals surface area contributed by atoms with Crippen LogP contribution in [0.1, 0.15) is 17.0 Å². The normalized spacial score (nSPS) is 12.1. The van der Waals surface area contributed by atoms with E-state index in [-0.39, 0.29) is 6.61 Å². The Balaban J connectivity index is 1.53. The van der Waals surface area contributed by atoms with Crippen molar-refractivity contribution < 1.29 is 14.6 Å². The molecule has 0 saturated heterocycles. The number of aryl methyl sites for hydroxylation is 1. The molecule has 1 heterocycles. The van der Waals surface area contributed by atoms with Crippen molar-refractivity contribution in [1.82, 2.24) is 9.55 Å². The molecule has 1 N–H and O–H groups in total. The summed E-state index contributed by atoms with van der Waals surface area (Å²) in [6, 6.07) is 23.8. The van der Waals surface area contributed by atoms with Crippen molar-refractivity contribution in [3.63, 3.8) is 0 Å². The van der Waals surface area contributed by atoms with Gasteiger partial charge < -0.3 is 19.1 Å². The van der Waals surface area contributed by atoms with Gasteiger partial charge in [-0.2, -0.15) is 0 Å². The zero-order valence-electron chi connectivity index (χ0n) is 17.3. The molecule has 0 aliphatic rings. The molecule has 0 saturated carbocycles. The van der Waals surface area contributed by atoms with Gasteiger partial charge >= 0.3 is 0 Å². The summed E-state index contributed by atoms with van der Waals surface area (Å²) in [6.07, 6.45) is 0.0159. The molecule has 3 aromatic carbocycles. The molecule has 1 atom stereocenters. The topological polar surface area (TPSA) is 56.5 Å². The molecule has 1 unspecified atom stereocenters. The molecule has 154 valence electrons. The maximum Gasteiger partial charge on any atom is 0.119 e. The summed E-state index contributed by atoms with van der Waals surface area (Å²) in [6.45, 7) is 2.65. The van der Waals surface area contributed by atoms with E-state index >= 15 is 0 Å². The molecule has 0 fully saturated rings. The molecule has 0 aliphatic heterocycles. The van der Waals surface area contributed by atoms with E-state index in [0.717, 1.165) is 39.5 Å². The summed E-state index contributed by atoms with van der Waals surface area (Å²) < 4.78 is 13.1. The average Bonchev–Trinajstić information content (AvgIpc) is 3.10. The second-order valence-electron chi connectivity index (χ2n) is 7.43. The second-order valence-corrected chi connectivity index (χ2v) is 7.43. The van der Waals surface area contributed by atoms with Crippen molar-refractivity contribution in [2.24, 2.45) is 0 Å². The van der Waals surface area contributed by atoms with Crippen LogP contribution in [0.15, 0.2) is 72.8 Å². The van der Waals surface area contributed by atoms with Crippen LogP contribution in [-0.4, -0.2) is 34.5 Å². The molecule has 1 aromatic heterocycles. The first kappa shape index (κ1) is 20.0. The van der Waals surface area contributed by atoms with E-state index in [0.29, 0.717) is 13.0 Å². The molecule has 0 bridgehead atoms. The van der Waals surface area contributed by atoms with Gasteiger partial charge in [-0.25, -0.2) is 4.98 Å². The Morgan fingerprint density at radius 2 is 1.77 bits per heavy atom. The average molecular weight is 402 g/mol. The van der Waals surface area contributed by atoms with Crippen LogP contribution in [-0.2, 0) is 13.0 Å². The van der Waals surface area contributed by atoms with Crippen molar-refractivity contribution in [2.45, 2.75) is 26.0 Å². The zero-order valence-corrected chi connectivity index (χ0v) is 17.3. The van der Waals surface area contributed by atoms with Crippen LogP contribution in [0.5, 0.6) is 11.5 Å². The van der Waals surface area contributed by atoms with Crippen LogP contribution in [0.25, 0.3) is 11.0 Å². The lowest BCUT2D eigenvalue weighted by Gasteiger charge is -2.16. The molecule has 0 aliphatic carbocycles. The second kappa shape index (κ2) is 9.01. The number of nitrogens with zero attached hydrogens (tertiary/aromatic N) is 2. The molecular weight excluding hydrogens is 376 g/mol. The fourth-order valence-corrected chi connectivity index (χ4v) is 3.55. The Bertz CT molecular complexity index is 1120. The largest absolute Gasteiger partial charge is 0.497 e. The number of methoxy groups -OCH3 is 1. The lowest BCUT2D eigenvalue weighted by atomic mass is 10.1. The number of hydrogen-bond acceptors (Lipinski definition) is 4. The van der Waals surface area contributed by atoms with Gasteiger partial charge in [-0.15, -0.1) is 0 Å². The van der Waals surface area contributed by atoms with Crippen molar-refractivity contribution in [2.75, 3.05) is 13.7 Å². The Labute approximate surface area is 176 Å². The van der Waals surface area contributed by atoms with E-state index in [1.54, 1.807) is 7.11 Å². The molecule has 0 amide bonds. The van der Waals surface area contributed by atoms with Crippen LogP contribution in [0, 0.1) is 6.92 Å². The number of hydrogen-bond donors (Lipinski definition) is 1. The third kappa shape index (κ3) is 4.63. The first-order valence-corrected chi connectivity index (χ1v) is 10.1. The molecule has 0 spiro atoms. The maximum atomic E-state index is 10.7. The SMILES string of the molecule is COc1ccc(Cc2nc3ccccc3n2CC(O)COc2cccc(C)c2)cc1. The van der Waals surface area contributed by atoms with Crippen LogP contribution in [0.3, 0.4) is 0 Å². The van der Waals surface area contributed by atoms with Crippen LogP contribution >= 0.6 is 0 Å². The van der Waals surface area contributed by atoms with Gasteiger partial charge in [0.2, 0.25) is 0 Å². The summed E-state index contributed by atoms with van der Waals surface area (Å²) >= 11 is 0. The number of imidazole rings is 1. The zero-order chi connectivity index (χ0) is 20.9. The van der Waals surface area contributed by atoms with Gasteiger partial charge in [-0.05, 0) is 54.4 Å². The summed E-state index contributed by atoms with van der Waals surface area (Å²) in [5, 5.41) is 10.7. The number of aliphatic hydroxyl groups is 1. The van der Waals surface area contributed by atoms with Gasteiger partial charge in [0, 0.05) is 6.42 Å². The third-order valence-corrected chi connectivity index (χ3v) is 5.08. The maximum absolute atomic E-state index is 10.7. The number of ether oxygens (including phenoxy) is 2. The van der Waals surface area contributed by atoms with Crippen molar-refractivity contribution >= 4 is 11.0 Å². The standard InChI is InChI=1S/C25H26N2O3/c1-18-6-5-7-22(14-18)30-17-20(28)16-27-24-9-4-3-8-23(24)26-25(27)15-19-10-12-21(29-2)13-11-19/h3-14,20,28H,15-17H2,1-2H3. The van der Waals surface area contributed by atoms with E-state index < -0.39 is 6.10 Å². The molecule has 5 heteroatoms. The number of rotatable bonds is 8. The Morgan fingerprint density at radius 3 is 2.53 bits per heavy atom. The van der Waals surface area contributed by atoms with Crippen molar-refractivity contribution in [1.29, 1.82) is 0 Å². The summed E-state index contributed by atoms with van der Waals surface area (Å²) in [5.41, 5.74) is 4.20. The smallest absolute Gasteiger partial charge is 0.119 e. The molecule has 4 rings (SSSR count). The Hall–Kier alpha value is -3.31. The number of benzene rings is 3. The summed E-state index contributed by atoms with van der Waals surface area (Å²) in [7, 11) is 1.66. The lowest BCUT2D eigenvalue weighted by molar-refractivity contribution is 0.0928. The van der Waals surface area contributed by atoms with Gasteiger partial charge in [0.15, 0.2) is 0 Å². The molecule has 5 nitrogen and oxygen atoms in total. The monoisotopic (exact) mass is 402 g/mol. The first-order chi connectivity index (χ1) is 14.6. The minimum Gasteiger partial charge on any atom is -0.497 e. The minimum atomic E-state index is -0.655. The highest BCUT2D eigenvalue weighted by molar-refractivity contribution is 5.76. The van der Waals surface area contributed by atoms with Crippen LogP contribution in [0.2, 0.25) is 0 Å². The van der Waals surface area contributed by atoms with Gasteiger partial charge in [-0.1, -0.05) is 36.4 Å². The van der Waals surface area contributed by atoms with E-state index in [2.05, 4.69) is 4.57 Å². The van der Waals surface area contributed by atoms with Crippen LogP contribution in [0.4, 0.5) is 0 Å². The number of para-hydroxylation sites is 2. The highest BCUT2D eigenvalue weighted by Gasteiger charge is 2.15. The predicted molar refractivity (Wildman–Crippen MR) is 118 cm³/mol. The number of aliphatic hydroxyl groups excluding tert-OH is 1. The molecular formula is C25H26N2O3.